The molecule has 4 nitrogen and oxygen atoms in total. The maximum Gasteiger partial charge on any atom is 0.139 e. The van der Waals surface area contributed by atoms with Crippen LogP contribution in [0.1, 0.15) is 85.0 Å². The van der Waals surface area contributed by atoms with Gasteiger partial charge in [-0.3, -0.25) is 4.79 Å². The molecule has 28 heavy (non-hydrogen) atoms. The number of Topliss-reactive ketones (excluding diaryl/α,β-unsaturated/α-hetero) is 1. The van der Waals surface area contributed by atoms with E-state index in [9.17, 15) is 4.79 Å². The van der Waals surface area contributed by atoms with Crippen molar-refractivity contribution in [1.82, 2.24) is 0 Å². The van der Waals surface area contributed by atoms with E-state index in [0.717, 1.165) is 56.3 Å². The van der Waals surface area contributed by atoms with Crippen molar-refractivity contribution in [2.75, 3.05) is 13.2 Å². The van der Waals surface area contributed by atoms with Gasteiger partial charge in [0.2, 0.25) is 0 Å². The lowest BCUT2D eigenvalue weighted by Gasteiger charge is -2.61. The summed E-state index contributed by atoms with van der Waals surface area (Å²) < 4.78 is 0. The van der Waals surface area contributed by atoms with Gasteiger partial charge in [-0.05, 0) is 93.4 Å². The summed E-state index contributed by atoms with van der Waals surface area (Å²) in [5.74, 6) is 4.06. The second-order valence-electron chi connectivity index (χ2n) is 10.6. The lowest BCUT2D eigenvalue weighted by Crippen LogP contribution is -2.56. The van der Waals surface area contributed by atoms with Gasteiger partial charge in [-0.15, -0.1) is 0 Å². The lowest BCUT2D eigenvalue weighted by atomic mass is 9.43. The Kier molecular flexibility index (Phi) is 5.63. The molecule has 0 amide bonds. The van der Waals surface area contributed by atoms with E-state index in [1.54, 1.807) is 0 Å². The molecule has 0 aliphatic heterocycles. The predicted molar refractivity (Wildman–Crippen MR) is 113 cm³/mol. The molecule has 4 heteroatoms. The molecule has 0 aromatic carbocycles. The zero-order valence-electron chi connectivity index (χ0n) is 18.2. The maximum absolute atomic E-state index is 12.6. The molecule has 0 bridgehead atoms. The normalized spacial score (nSPS) is 46.8. The summed E-state index contributed by atoms with van der Waals surface area (Å²) in [6, 6.07) is 0. The topological polar surface area (TPSA) is 64.7 Å². The first-order valence-corrected chi connectivity index (χ1v) is 11.9. The van der Waals surface area contributed by atoms with E-state index in [1.165, 1.54) is 31.4 Å². The van der Waals surface area contributed by atoms with Gasteiger partial charge >= 0.3 is 0 Å². The fourth-order valence-corrected chi connectivity index (χ4v) is 8.01. The third-order valence-electron chi connectivity index (χ3n) is 9.55. The second kappa shape index (κ2) is 7.74. The Labute approximate surface area is 171 Å². The number of nitrogens with zero attached hydrogens (tertiary/aromatic N) is 1. The number of carbonyl (C=O) groups is 1. The summed E-state index contributed by atoms with van der Waals surface area (Å²) in [6.45, 7) is 8.50. The molecular weight excluding hydrogens is 348 g/mol. The van der Waals surface area contributed by atoms with E-state index in [2.05, 4.69) is 25.9 Å². The first-order valence-electron chi connectivity index (χ1n) is 11.9. The minimum absolute atomic E-state index is 0.00730. The molecule has 4 aliphatic carbocycles. The first kappa shape index (κ1) is 20.4. The number of oxime groups is 1. The molecule has 0 aromatic rings. The van der Waals surface area contributed by atoms with Crippen molar-refractivity contribution in [2.24, 2.45) is 51.3 Å². The minimum Gasteiger partial charge on any atom is -0.396 e. The Morgan fingerprint density at radius 1 is 1.07 bits per heavy atom. The number of fused-ring (bicyclic) bond motifs is 5. The molecule has 158 valence electrons. The van der Waals surface area contributed by atoms with Gasteiger partial charge in [-0.2, -0.15) is 0 Å². The monoisotopic (exact) mass is 388 g/mol. The molecule has 0 spiro atoms. The van der Waals surface area contributed by atoms with Gasteiger partial charge in [0, 0.05) is 17.8 Å². The molecule has 4 aliphatic rings. The highest BCUT2D eigenvalue weighted by atomic mass is 16.6. The average molecular weight is 389 g/mol. The minimum atomic E-state index is -0.00730. The number of hydrogen-bond acceptors (Lipinski definition) is 4. The number of hydrogen-bond donors (Lipinski definition) is 1. The zero-order valence-corrected chi connectivity index (χ0v) is 18.2. The largest absolute Gasteiger partial charge is 0.396 e. The van der Waals surface area contributed by atoms with E-state index >= 15 is 0 Å². The summed E-state index contributed by atoms with van der Waals surface area (Å²) in [7, 11) is 0. The molecular formula is C24H40N2O2. The highest BCUT2D eigenvalue weighted by molar-refractivity contribution is 5.88. The van der Waals surface area contributed by atoms with Crippen LogP contribution in [-0.2, 0) is 9.63 Å². The highest BCUT2D eigenvalue weighted by Gasteiger charge is 2.61. The van der Waals surface area contributed by atoms with Crippen LogP contribution in [0.5, 0.6) is 0 Å². The summed E-state index contributed by atoms with van der Waals surface area (Å²) in [4.78, 5) is 18.2. The SMILES string of the molecule is CC[C@H]1/C(=N/OCCCN)CC[C@@]2(C)C1CC[C@@H]1[C@@H]2CC[C@]2(C)C(=O)CC[C@@H]12. The molecule has 0 heterocycles. The van der Waals surface area contributed by atoms with Gasteiger partial charge in [0.15, 0.2) is 0 Å². The summed E-state index contributed by atoms with van der Waals surface area (Å²) >= 11 is 0. The maximum atomic E-state index is 12.6. The standard InChI is InChI=1S/C24H40N2O2/c1-4-16-18-7-6-17-19-8-9-22(27)24(19,3)12-10-20(17)23(18,2)13-11-21(16)26-28-15-5-14-25/h16-20H,4-15,25H2,1-3H3/b26-21+/t16-,17+,18?,19+,20+,23+,24+/m1/s1. The molecule has 1 unspecified atom stereocenters. The Balaban J connectivity index is 1.54. The quantitative estimate of drug-likeness (QED) is 0.535. The number of rotatable bonds is 5. The van der Waals surface area contributed by atoms with Crippen LogP contribution >= 0.6 is 0 Å². The molecule has 7 atom stereocenters. The summed E-state index contributed by atoms with van der Waals surface area (Å²) in [5.41, 5.74) is 7.28. The van der Waals surface area contributed by atoms with Crippen molar-refractivity contribution in [3.8, 4) is 0 Å². The van der Waals surface area contributed by atoms with Crippen molar-refractivity contribution in [2.45, 2.75) is 85.0 Å². The molecule has 0 aromatic heterocycles. The van der Waals surface area contributed by atoms with Crippen LogP contribution in [0.25, 0.3) is 0 Å². The van der Waals surface area contributed by atoms with Crippen LogP contribution in [-0.4, -0.2) is 24.6 Å². The number of ketones is 1. The van der Waals surface area contributed by atoms with Gasteiger partial charge in [0.05, 0.1) is 5.71 Å². The fraction of sp³-hybridized carbons (Fsp3) is 0.917. The Morgan fingerprint density at radius 3 is 2.64 bits per heavy atom. The zero-order chi connectivity index (χ0) is 19.9. The summed E-state index contributed by atoms with van der Waals surface area (Å²) in [5, 5.41) is 4.59. The molecule has 4 rings (SSSR count). The van der Waals surface area contributed by atoms with Crippen LogP contribution in [0.3, 0.4) is 0 Å². The van der Waals surface area contributed by atoms with Crippen LogP contribution in [0.2, 0.25) is 0 Å². The number of nitrogens with two attached hydrogens (primary N) is 1. The van der Waals surface area contributed by atoms with E-state index in [4.69, 9.17) is 10.6 Å². The van der Waals surface area contributed by atoms with E-state index in [1.807, 2.05) is 0 Å². The Hall–Kier alpha value is -0.900. The van der Waals surface area contributed by atoms with E-state index in [-0.39, 0.29) is 5.41 Å². The molecule has 2 N–H and O–H groups in total. The second-order valence-corrected chi connectivity index (χ2v) is 10.6. The fourth-order valence-electron chi connectivity index (χ4n) is 8.01. The van der Waals surface area contributed by atoms with Crippen molar-refractivity contribution in [3.63, 3.8) is 0 Å². The van der Waals surface area contributed by atoms with Gasteiger partial charge in [0.1, 0.15) is 12.4 Å². The van der Waals surface area contributed by atoms with Gasteiger partial charge in [-0.1, -0.05) is 25.9 Å². The third kappa shape index (κ3) is 3.05. The van der Waals surface area contributed by atoms with Gasteiger partial charge in [-0.25, -0.2) is 0 Å². The van der Waals surface area contributed by atoms with Crippen LogP contribution in [0.15, 0.2) is 5.16 Å². The highest BCUT2D eigenvalue weighted by Crippen LogP contribution is 2.66. The Morgan fingerprint density at radius 2 is 1.89 bits per heavy atom. The van der Waals surface area contributed by atoms with Crippen molar-refractivity contribution in [3.05, 3.63) is 0 Å². The van der Waals surface area contributed by atoms with Crippen molar-refractivity contribution in [1.29, 1.82) is 0 Å². The predicted octanol–water partition coefficient (Wildman–Crippen LogP) is 4.96. The molecule has 0 saturated heterocycles. The Bertz CT molecular complexity index is 632. The third-order valence-corrected chi connectivity index (χ3v) is 9.55. The van der Waals surface area contributed by atoms with Crippen molar-refractivity contribution < 1.29 is 9.63 Å². The van der Waals surface area contributed by atoms with Gasteiger partial charge in [0.25, 0.3) is 0 Å². The lowest BCUT2D eigenvalue weighted by molar-refractivity contribution is -0.138. The van der Waals surface area contributed by atoms with Crippen LogP contribution < -0.4 is 5.73 Å². The van der Waals surface area contributed by atoms with Crippen molar-refractivity contribution >= 4 is 11.5 Å². The average Bonchev–Trinajstić information content (AvgIpc) is 3.00. The van der Waals surface area contributed by atoms with Gasteiger partial charge < -0.3 is 10.6 Å². The van der Waals surface area contributed by atoms with E-state index < -0.39 is 0 Å². The molecule has 0 radical (unpaired) electrons. The number of carbonyl (C=O) groups excluding carboxylic acids is 1. The van der Waals surface area contributed by atoms with Crippen LogP contribution in [0.4, 0.5) is 0 Å². The smallest absolute Gasteiger partial charge is 0.139 e. The van der Waals surface area contributed by atoms with E-state index in [0.29, 0.717) is 36.2 Å². The summed E-state index contributed by atoms with van der Waals surface area (Å²) in [6.07, 6.45) is 11.3. The first-order chi connectivity index (χ1) is 13.5. The van der Waals surface area contributed by atoms with Crippen LogP contribution in [0, 0.1) is 40.4 Å². The molecule has 4 saturated carbocycles. The molecule has 4 fully saturated rings.